The van der Waals surface area contributed by atoms with Crippen LogP contribution in [0, 0.1) is 5.92 Å². The first kappa shape index (κ1) is 19.5. The molecule has 4 nitrogen and oxygen atoms in total. The van der Waals surface area contributed by atoms with Gasteiger partial charge >= 0.3 is 0 Å². The molecule has 0 fully saturated rings. The second-order valence-corrected chi connectivity index (χ2v) is 8.30. The highest BCUT2D eigenvalue weighted by Gasteiger charge is 2.18. The number of ether oxygens (including phenoxy) is 1. The van der Waals surface area contributed by atoms with Gasteiger partial charge in [-0.3, -0.25) is 0 Å². The van der Waals surface area contributed by atoms with Crippen LogP contribution in [0.25, 0.3) is 0 Å². The molecule has 1 unspecified atom stereocenters. The third-order valence-electron chi connectivity index (χ3n) is 3.90. The lowest BCUT2D eigenvalue weighted by atomic mass is 10.0. The lowest BCUT2D eigenvalue weighted by molar-refractivity contribution is 0.340. The van der Waals surface area contributed by atoms with Gasteiger partial charge < -0.3 is 4.74 Å². The molecule has 0 aliphatic rings. The smallest absolute Gasteiger partial charge is 0.241 e. The van der Waals surface area contributed by atoms with Gasteiger partial charge in [-0.1, -0.05) is 38.1 Å². The van der Waals surface area contributed by atoms with Crippen molar-refractivity contribution in [3.05, 3.63) is 59.7 Å². The average Bonchev–Trinajstić information content (AvgIpc) is 2.55. The Hall–Kier alpha value is -1.85. The van der Waals surface area contributed by atoms with E-state index in [1.54, 1.807) is 12.1 Å². The van der Waals surface area contributed by atoms with E-state index in [0.29, 0.717) is 12.5 Å². The molecule has 1 N–H and O–H groups in total. The summed E-state index contributed by atoms with van der Waals surface area (Å²) >= 11 is 0. The highest BCUT2D eigenvalue weighted by Crippen LogP contribution is 2.20. The van der Waals surface area contributed by atoms with Crippen LogP contribution < -0.4 is 9.46 Å². The van der Waals surface area contributed by atoms with Crippen molar-refractivity contribution in [1.82, 2.24) is 4.72 Å². The first-order valence-corrected chi connectivity index (χ1v) is 10.1. The molecule has 0 radical (unpaired) electrons. The molecule has 2 rings (SSSR count). The second kappa shape index (κ2) is 8.50. The largest absolute Gasteiger partial charge is 0.494 e. The zero-order valence-corrected chi connectivity index (χ0v) is 16.1. The molecule has 2 aromatic rings. The van der Waals surface area contributed by atoms with Crippen LogP contribution in [0.3, 0.4) is 0 Å². The van der Waals surface area contributed by atoms with E-state index < -0.39 is 10.0 Å². The molecule has 0 heterocycles. The third-order valence-corrected chi connectivity index (χ3v) is 5.46. The van der Waals surface area contributed by atoms with Gasteiger partial charge in [0, 0.05) is 6.04 Å². The van der Waals surface area contributed by atoms with Crippen LogP contribution in [0.15, 0.2) is 53.4 Å². The van der Waals surface area contributed by atoms with Crippen molar-refractivity contribution in [1.29, 1.82) is 0 Å². The maximum Gasteiger partial charge on any atom is 0.241 e. The Morgan fingerprint density at radius 1 is 0.960 bits per heavy atom. The Morgan fingerprint density at radius 3 is 2.08 bits per heavy atom. The van der Waals surface area contributed by atoms with Crippen LogP contribution in [0.2, 0.25) is 0 Å². The normalized spacial score (nSPS) is 13.0. The zero-order valence-electron chi connectivity index (χ0n) is 15.3. The van der Waals surface area contributed by atoms with Gasteiger partial charge in [0.25, 0.3) is 0 Å². The summed E-state index contributed by atoms with van der Waals surface area (Å²) in [6, 6.07) is 14.3. The number of nitrogens with one attached hydrogen (secondary N) is 1. The second-order valence-electron chi connectivity index (χ2n) is 6.59. The first-order chi connectivity index (χ1) is 11.8. The van der Waals surface area contributed by atoms with Gasteiger partial charge in [0.2, 0.25) is 10.0 Å². The fraction of sp³-hybridized carbons (Fsp3) is 0.400. The van der Waals surface area contributed by atoms with Crippen molar-refractivity contribution < 1.29 is 13.2 Å². The monoisotopic (exact) mass is 361 g/mol. The molecule has 0 amide bonds. The number of sulfonamides is 1. The van der Waals surface area contributed by atoms with E-state index in [1.165, 1.54) is 0 Å². The average molecular weight is 362 g/mol. The quantitative estimate of drug-likeness (QED) is 0.762. The number of benzene rings is 2. The Kier molecular flexibility index (Phi) is 6.62. The van der Waals surface area contributed by atoms with Gasteiger partial charge in [0.05, 0.1) is 11.5 Å². The standard InChI is InChI=1S/C20H27NO3S/c1-5-24-19-10-8-18(9-11-19)16(4)21-25(22,23)20-12-6-17(7-13-20)14-15(2)3/h6-13,15-16,21H,5,14H2,1-4H3. The van der Waals surface area contributed by atoms with Crippen LogP contribution in [0.5, 0.6) is 5.75 Å². The van der Waals surface area contributed by atoms with Gasteiger partial charge in [-0.15, -0.1) is 0 Å². The van der Waals surface area contributed by atoms with Crippen LogP contribution in [0.4, 0.5) is 0 Å². The fourth-order valence-corrected chi connectivity index (χ4v) is 3.90. The van der Waals surface area contributed by atoms with E-state index in [9.17, 15) is 8.42 Å². The fourth-order valence-electron chi connectivity index (χ4n) is 2.66. The van der Waals surface area contributed by atoms with Crippen molar-refractivity contribution >= 4 is 10.0 Å². The summed E-state index contributed by atoms with van der Waals surface area (Å²) in [5, 5.41) is 0. The molecular weight excluding hydrogens is 334 g/mol. The minimum absolute atomic E-state index is 0.290. The highest BCUT2D eigenvalue weighted by molar-refractivity contribution is 7.89. The molecule has 0 aromatic heterocycles. The molecule has 1 atom stereocenters. The topological polar surface area (TPSA) is 55.4 Å². The van der Waals surface area contributed by atoms with E-state index >= 15 is 0 Å². The van der Waals surface area contributed by atoms with Crippen LogP contribution in [-0.4, -0.2) is 15.0 Å². The van der Waals surface area contributed by atoms with Crippen LogP contribution in [-0.2, 0) is 16.4 Å². The molecule has 0 spiro atoms. The third kappa shape index (κ3) is 5.58. The Labute approximate surface area is 151 Å². The molecular formula is C20H27NO3S. The van der Waals surface area contributed by atoms with Crippen LogP contribution in [0.1, 0.15) is 44.9 Å². The van der Waals surface area contributed by atoms with E-state index in [4.69, 9.17) is 4.74 Å². The van der Waals surface area contributed by atoms with Crippen molar-refractivity contribution in [2.45, 2.75) is 45.1 Å². The van der Waals surface area contributed by atoms with Crippen molar-refractivity contribution in [3.8, 4) is 5.75 Å². The van der Waals surface area contributed by atoms with Gasteiger partial charge in [-0.2, -0.15) is 0 Å². The molecule has 0 saturated heterocycles. The Bertz CT molecular complexity index is 766. The maximum absolute atomic E-state index is 12.6. The molecule has 0 bridgehead atoms. The van der Waals surface area contributed by atoms with E-state index in [1.807, 2.05) is 50.2 Å². The van der Waals surface area contributed by atoms with Gasteiger partial charge in [0.15, 0.2) is 0 Å². The van der Waals surface area contributed by atoms with Crippen molar-refractivity contribution in [2.24, 2.45) is 5.92 Å². The predicted octanol–water partition coefficient (Wildman–Crippen LogP) is 4.32. The lowest BCUT2D eigenvalue weighted by Gasteiger charge is -2.15. The van der Waals surface area contributed by atoms with Crippen LogP contribution >= 0.6 is 0 Å². The van der Waals surface area contributed by atoms with E-state index in [0.717, 1.165) is 23.3 Å². The summed E-state index contributed by atoms with van der Waals surface area (Å²) in [4.78, 5) is 0.290. The summed E-state index contributed by atoms with van der Waals surface area (Å²) in [5.41, 5.74) is 2.04. The minimum Gasteiger partial charge on any atom is -0.494 e. The molecule has 0 saturated carbocycles. The Morgan fingerprint density at radius 2 is 1.56 bits per heavy atom. The predicted molar refractivity (Wildman–Crippen MR) is 101 cm³/mol. The SMILES string of the molecule is CCOc1ccc(C(C)NS(=O)(=O)c2ccc(CC(C)C)cc2)cc1. The number of rotatable bonds is 8. The van der Waals surface area contributed by atoms with Gasteiger partial charge in [-0.05, 0) is 61.6 Å². The number of hydrogen-bond donors (Lipinski definition) is 1. The minimum atomic E-state index is -3.55. The summed E-state index contributed by atoms with van der Waals surface area (Å²) < 4.78 is 33.3. The van der Waals surface area contributed by atoms with Gasteiger partial charge in [0.1, 0.15) is 5.75 Å². The van der Waals surface area contributed by atoms with Crippen molar-refractivity contribution in [3.63, 3.8) is 0 Å². The maximum atomic E-state index is 12.6. The summed E-state index contributed by atoms with van der Waals surface area (Å²) in [5.74, 6) is 1.32. The van der Waals surface area contributed by atoms with E-state index in [2.05, 4.69) is 18.6 Å². The molecule has 5 heteroatoms. The molecule has 136 valence electrons. The van der Waals surface area contributed by atoms with Gasteiger partial charge in [-0.25, -0.2) is 13.1 Å². The summed E-state index contributed by atoms with van der Waals surface area (Å²) in [6.07, 6.45) is 0.941. The van der Waals surface area contributed by atoms with Crippen molar-refractivity contribution in [2.75, 3.05) is 6.61 Å². The van der Waals surface area contributed by atoms with E-state index in [-0.39, 0.29) is 10.9 Å². The lowest BCUT2D eigenvalue weighted by Crippen LogP contribution is -2.26. The number of hydrogen-bond acceptors (Lipinski definition) is 3. The Balaban J connectivity index is 2.09. The molecule has 25 heavy (non-hydrogen) atoms. The molecule has 0 aliphatic carbocycles. The molecule has 0 aliphatic heterocycles. The summed E-state index contributed by atoms with van der Waals surface area (Å²) in [6.45, 7) is 8.65. The zero-order chi connectivity index (χ0) is 18.4. The molecule has 2 aromatic carbocycles. The highest BCUT2D eigenvalue weighted by atomic mass is 32.2. The first-order valence-electron chi connectivity index (χ1n) is 8.66. The summed E-state index contributed by atoms with van der Waals surface area (Å²) in [7, 11) is -3.55.